The van der Waals surface area contributed by atoms with E-state index in [0.717, 1.165) is 27.1 Å². The Morgan fingerprint density at radius 1 is 1.08 bits per heavy atom. The number of hydrogen-bond donors (Lipinski definition) is 1. The Labute approximate surface area is 162 Å². The average molecular weight is 453 g/mol. The van der Waals surface area contributed by atoms with Crippen molar-refractivity contribution in [3.63, 3.8) is 0 Å². The Hall–Kier alpha value is -2.27. The second-order valence-electron chi connectivity index (χ2n) is 5.35. The van der Waals surface area contributed by atoms with Crippen LogP contribution < -0.4 is 9.88 Å². The molecule has 0 fully saturated rings. The molecule has 0 aliphatic carbocycles. The number of halogens is 1. The van der Waals surface area contributed by atoms with Crippen LogP contribution in [0.2, 0.25) is 0 Å². The summed E-state index contributed by atoms with van der Waals surface area (Å²) in [4.78, 5) is 4.85. The lowest BCUT2D eigenvalue weighted by molar-refractivity contribution is 0.482. The molecule has 0 unspecified atom stereocenters. The standard InChI is InChI=1S/C16H11BrN4O3S2.H2/c17-11-3-7-13(8-4-11)24-12-5-1-10(2-6-12)14-9-21-15(19-14)25-16(20-21)26(18,22)23;/h1-9H,(H2,18,22,23);1H. The molecule has 2 aromatic carbocycles. The number of aromatic nitrogens is 3. The van der Waals surface area contributed by atoms with E-state index in [9.17, 15) is 8.42 Å². The molecule has 4 aromatic rings. The fourth-order valence-electron chi connectivity index (χ4n) is 2.27. The van der Waals surface area contributed by atoms with E-state index in [-0.39, 0.29) is 5.77 Å². The average Bonchev–Trinajstić information content (AvgIpc) is 3.16. The summed E-state index contributed by atoms with van der Waals surface area (Å²) in [5, 5.41) is 9.02. The smallest absolute Gasteiger partial charge is 0.267 e. The van der Waals surface area contributed by atoms with E-state index < -0.39 is 10.0 Å². The highest BCUT2D eigenvalue weighted by molar-refractivity contribution is 9.10. The van der Waals surface area contributed by atoms with Gasteiger partial charge < -0.3 is 4.74 Å². The Morgan fingerprint density at radius 3 is 2.27 bits per heavy atom. The van der Waals surface area contributed by atoms with Crippen LogP contribution in [0.1, 0.15) is 1.43 Å². The summed E-state index contributed by atoms with van der Waals surface area (Å²) in [6, 6.07) is 15.0. The van der Waals surface area contributed by atoms with Crippen molar-refractivity contribution in [2.45, 2.75) is 4.34 Å². The largest absolute Gasteiger partial charge is 0.457 e. The second kappa shape index (κ2) is 6.47. The van der Waals surface area contributed by atoms with Gasteiger partial charge in [0.2, 0.25) is 9.30 Å². The van der Waals surface area contributed by atoms with Gasteiger partial charge in [0.1, 0.15) is 11.5 Å². The molecule has 0 atom stereocenters. The van der Waals surface area contributed by atoms with Crippen LogP contribution in [-0.4, -0.2) is 23.0 Å². The predicted molar refractivity (Wildman–Crippen MR) is 104 cm³/mol. The number of fused-ring (bicyclic) bond motifs is 1. The minimum absolute atomic E-state index is 0. The third kappa shape index (κ3) is 3.49. The number of benzene rings is 2. The monoisotopic (exact) mass is 452 g/mol. The van der Waals surface area contributed by atoms with Crippen molar-refractivity contribution in [1.82, 2.24) is 14.6 Å². The first-order valence-corrected chi connectivity index (χ1v) is 10.5. The summed E-state index contributed by atoms with van der Waals surface area (Å²) in [5.74, 6) is 1.44. The number of imidazole rings is 1. The highest BCUT2D eigenvalue weighted by atomic mass is 79.9. The molecule has 2 aromatic heterocycles. The van der Waals surface area contributed by atoms with Gasteiger partial charge in [-0.25, -0.2) is 23.1 Å². The molecule has 26 heavy (non-hydrogen) atoms. The SMILES string of the molecule is NS(=O)(=O)c1nn2cc(-c3ccc(Oc4ccc(Br)cc4)cc3)nc2s1.[HH]. The van der Waals surface area contributed by atoms with Gasteiger partial charge in [0.25, 0.3) is 10.0 Å². The molecule has 0 amide bonds. The number of primary sulfonamides is 1. The molecule has 2 heterocycles. The van der Waals surface area contributed by atoms with Crippen LogP contribution in [0.4, 0.5) is 0 Å². The Morgan fingerprint density at radius 2 is 1.69 bits per heavy atom. The van der Waals surface area contributed by atoms with Crippen LogP contribution in [0.5, 0.6) is 11.5 Å². The normalized spacial score (nSPS) is 11.8. The van der Waals surface area contributed by atoms with E-state index in [0.29, 0.717) is 16.4 Å². The summed E-state index contributed by atoms with van der Waals surface area (Å²) < 4.78 is 30.7. The number of nitrogens with two attached hydrogens (primary N) is 1. The van der Waals surface area contributed by atoms with Crippen LogP contribution in [0.3, 0.4) is 0 Å². The summed E-state index contributed by atoms with van der Waals surface area (Å²) in [7, 11) is -3.82. The van der Waals surface area contributed by atoms with Crippen LogP contribution in [0.15, 0.2) is 63.5 Å². The predicted octanol–water partition coefficient (Wildman–Crippen LogP) is 3.91. The lowest BCUT2D eigenvalue weighted by Crippen LogP contribution is -2.12. The molecule has 0 aliphatic rings. The van der Waals surface area contributed by atoms with Crippen molar-refractivity contribution in [2.75, 3.05) is 0 Å². The molecule has 10 heteroatoms. The van der Waals surface area contributed by atoms with Gasteiger partial charge in [0.15, 0.2) is 0 Å². The van der Waals surface area contributed by atoms with E-state index >= 15 is 0 Å². The molecule has 4 rings (SSSR count). The van der Waals surface area contributed by atoms with E-state index in [1.165, 1.54) is 4.52 Å². The highest BCUT2D eigenvalue weighted by Crippen LogP contribution is 2.27. The quantitative estimate of drug-likeness (QED) is 0.505. The lowest BCUT2D eigenvalue weighted by atomic mass is 10.2. The van der Waals surface area contributed by atoms with Gasteiger partial charge in [-0.2, -0.15) is 0 Å². The van der Waals surface area contributed by atoms with Crippen LogP contribution >= 0.6 is 27.3 Å². The third-order valence-corrected chi connectivity index (χ3v) is 6.23. The van der Waals surface area contributed by atoms with Crippen molar-refractivity contribution in [1.29, 1.82) is 0 Å². The van der Waals surface area contributed by atoms with Crippen molar-refractivity contribution in [2.24, 2.45) is 5.14 Å². The van der Waals surface area contributed by atoms with E-state index in [4.69, 9.17) is 9.88 Å². The van der Waals surface area contributed by atoms with Gasteiger partial charge in [-0.3, -0.25) is 0 Å². The topological polar surface area (TPSA) is 99.6 Å². The zero-order valence-electron chi connectivity index (χ0n) is 13.0. The first-order chi connectivity index (χ1) is 12.4. The van der Waals surface area contributed by atoms with E-state index in [2.05, 4.69) is 26.0 Å². The summed E-state index contributed by atoms with van der Waals surface area (Å²) in [6.45, 7) is 0. The van der Waals surface area contributed by atoms with Gasteiger partial charge >= 0.3 is 0 Å². The maximum Gasteiger partial charge on any atom is 0.267 e. The second-order valence-corrected chi connectivity index (χ2v) is 8.95. The molecule has 2 N–H and O–H groups in total. The van der Waals surface area contributed by atoms with E-state index in [1.807, 2.05) is 48.5 Å². The minimum atomic E-state index is -3.82. The number of rotatable bonds is 4. The zero-order chi connectivity index (χ0) is 18.3. The summed E-state index contributed by atoms with van der Waals surface area (Å²) in [6.07, 6.45) is 1.66. The fraction of sp³-hybridized carbons (Fsp3) is 0. The molecular weight excluding hydrogens is 440 g/mol. The number of nitrogens with zero attached hydrogens (tertiary/aromatic N) is 3. The zero-order valence-corrected chi connectivity index (χ0v) is 16.3. The maximum absolute atomic E-state index is 11.3. The summed E-state index contributed by atoms with van der Waals surface area (Å²) >= 11 is 4.31. The van der Waals surface area contributed by atoms with Crippen LogP contribution in [0.25, 0.3) is 16.2 Å². The van der Waals surface area contributed by atoms with Crippen LogP contribution in [-0.2, 0) is 10.0 Å². The number of sulfonamides is 1. The molecular formula is C16H13BrN4O3S2. The van der Waals surface area contributed by atoms with Gasteiger partial charge in [-0.15, -0.1) is 5.10 Å². The lowest BCUT2D eigenvalue weighted by Gasteiger charge is -2.06. The van der Waals surface area contributed by atoms with Gasteiger partial charge in [0.05, 0.1) is 11.9 Å². The third-order valence-electron chi connectivity index (χ3n) is 3.47. The fourth-order valence-corrected chi connectivity index (χ4v) is 4.04. The molecule has 0 radical (unpaired) electrons. The molecule has 134 valence electrons. The van der Waals surface area contributed by atoms with Crippen molar-refractivity contribution in [3.8, 4) is 22.8 Å². The van der Waals surface area contributed by atoms with Crippen molar-refractivity contribution in [3.05, 3.63) is 59.2 Å². The first-order valence-electron chi connectivity index (χ1n) is 7.31. The van der Waals surface area contributed by atoms with Crippen LogP contribution in [0, 0.1) is 0 Å². The molecule has 0 bridgehead atoms. The van der Waals surface area contributed by atoms with Gasteiger partial charge in [0, 0.05) is 11.5 Å². The molecule has 0 spiro atoms. The number of ether oxygens (including phenoxy) is 1. The van der Waals surface area contributed by atoms with E-state index in [1.54, 1.807) is 6.20 Å². The van der Waals surface area contributed by atoms with Gasteiger partial charge in [-0.1, -0.05) is 27.3 Å². The molecule has 7 nitrogen and oxygen atoms in total. The van der Waals surface area contributed by atoms with Crippen molar-refractivity contribution >= 4 is 42.3 Å². The number of hydrogen-bond acceptors (Lipinski definition) is 6. The highest BCUT2D eigenvalue weighted by Gasteiger charge is 2.17. The Balaban J connectivity index is 0.00000210. The summed E-state index contributed by atoms with van der Waals surface area (Å²) in [5.41, 5.74) is 1.54. The Bertz CT molecular complexity index is 1160. The molecule has 0 saturated heterocycles. The first kappa shape index (κ1) is 17.2. The molecule has 0 aliphatic heterocycles. The maximum atomic E-state index is 11.3. The minimum Gasteiger partial charge on any atom is -0.457 e. The van der Waals surface area contributed by atoms with Gasteiger partial charge in [-0.05, 0) is 48.5 Å². The molecule has 0 saturated carbocycles. The Kier molecular flexibility index (Phi) is 4.27. The van der Waals surface area contributed by atoms with Crippen molar-refractivity contribution < 1.29 is 14.6 Å².